The fraction of sp³-hybridized carbons (Fsp3) is 0.500. The molecule has 0 aliphatic rings. The minimum atomic E-state index is -6.28. The van der Waals surface area contributed by atoms with E-state index in [4.69, 9.17) is 34.8 Å². The van der Waals surface area contributed by atoms with Crippen LogP contribution >= 0.6 is 34.8 Å². The Labute approximate surface area is 146 Å². The van der Waals surface area contributed by atoms with Crippen molar-refractivity contribution >= 4 is 40.5 Å². The van der Waals surface area contributed by atoms with Crippen LogP contribution in [0, 0.1) is 0 Å². The fourth-order valence-corrected chi connectivity index (χ4v) is 2.43. The molecule has 0 heterocycles. The molecule has 0 aromatic heterocycles. The van der Waals surface area contributed by atoms with Crippen LogP contribution in [0.1, 0.15) is 5.56 Å². The summed E-state index contributed by atoms with van der Waals surface area (Å²) in [5, 5.41) is 10.3. The van der Waals surface area contributed by atoms with Crippen LogP contribution in [0.4, 0.5) is 36.4 Å². The van der Waals surface area contributed by atoms with E-state index < -0.39 is 39.7 Å². The van der Waals surface area contributed by atoms with E-state index in [1.807, 2.05) is 0 Å². The lowest BCUT2D eigenvalue weighted by atomic mass is 9.94. The second kappa shape index (κ2) is 7.31. The Morgan fingerprint density at radius 1 is 0.958 bits per heavy atom. The van der Waals surface area contributed by atoms with E-state index in [1.54, 1.807) is 0 Å². The van der Waals surface area contributed by atoms with Gasteiger partial charge in [-0.3, -0.25) is 0 Å². The molecule has 12 heteroatoms. The van der Waals surface area contributed by atoms with Gasteiger partial charge in [0.2, 0.25) is 0 Å². The lowest BCUT2D eigenvalue weighted by Gasteiger charge is -2.30. The highest BCUT2D eigenvalue weighted by atomic mass is 35.5. The van der Waals surface area contributed by atoms with Crippen LogP contribution < -0.4 is 5.32 Å². The van der Waals surface area contributed by atoms with Crippen molar-refractivity contribution in [3.63, 3.8) is 0 Å². The molecule has 1 atom stereocenters. The highest BCUT2D eigenvalue weighted by molar-refractivity contribution is 6.39. The predicted molar refractivity (Wildman–Crippen MR) is 76.6 cm³/mol. The molecule has 1 aromatic rings. The van der Waals surface area contributed by atoms with Crippen molar-refractivity contribution in [1.29, 1.82) is 0 Å². The molecule has 24 heavy (non-hydrogen) atoms. The fourth-order valence-electron chi connectivity index (χ4n) is 1.70. The first-order valence-corrected chi connectivity index (χ1v) is 7.34. The van der Waals surface area contributed by atoms with Crippen LogP contribution in [-0.2, 0) is 5.67 Å². The van der Waals surface area contributed by atoms with Crippen molar-refractivity contribution in [2.24, 2.45) is 0 Å². The van der Waals surface area contributed by atoms with Gasteiger partial charge in [0.25, 0.3) is 0 Å². The van der Waals surface area contributed by atoms with Crippen molar-refractivity contribution in [2.75, 3.05) is 17.7 Å². The van der Waals surface area contributed by atoms with Crippen LogP contribution in [-0.4, -0.2) is 36.0 Å². The summed E-state index contributed by atoms with van der Waals surface area (Å²) in [6.07, 6.45) is -13.6. The minimum absolute atomic E-state index is 0.170. The molecule has 0 spiro atoms. The predicted octanol–water partition coefficient (Wildman–Crippen LogP) is 5.29. The maximum atomic E-state index is 14.0. The molecule has 0 amide bonds. The van der Waals surface area contributed by atoms with Gasteiger partial charge in [0.1, 0.15) is 0 Å². The van der Waals surface area contributed by atoms with Crippen molar-refractivity contribution in [3.05, 3.63) is 27.7 Å². The van der Waals surface area contributed by atoms with Gasteiger partial charge in [-0.05, 0) is 12.1 Å². The van der Waals surface area contributed by atoms with Gasteiger partial charge in [-0.2, -0.15) is 26.3 Å². The average molecular weight is 423 g/mol. The Hall–Kier alpha value is -0.640. The summed E-state index contributed by atoms with van der Waals surface area (Å²) in [5.41, 5.74) is -7.71. The largest absolute Gasteiger partial charge is 0.435 e. The lowest BCUT2D eigenvalue weighted by molar-refractivity contribution is -0.348. The highest BCUT2D eigenvalue weighted by Crippen LogP contribution is 2.54. The van der Waals surface area contributed by atoms with Gasteiger partial charge in [0.15, 0.2) is 0 Å². The van der Waals surface area contributed by atoms with Crippen LogP contribution in [0.5, 0.6) is 0 Å². The van der Waals surface area contributed by atoms with Gasteiger partial charge < -0.3 is 10.4 Å². The van der Waals surface area contributed by atoms with E-state index in [9.17, 15) is 35.8 Å². The molecule has 0 aliphatic heterocycles. The van der Waals surface area contributed by atoms with Gasteiger partial charge in [0.05, 0.1) is 27.7 Å². The van der Waals surface area contributed by atoms with Crippen molar-refractivity contribution in [2.45, 2.75) is 24.1 Å². The van der Waals surface area contributed by atoms with Crippen LogP contribution in [0.3, 0.4) is 0 Å². The Bertz CT molecular complexity index is 554. The maximum absolute atomic E-state index is 14.0. The average Bonchev–Trinajstić information content (AvgIpc) is 2.42. The zero-order valence-corrected chi connectivity index (χ0v) is 13.6. The lowest BCUT2D eigenvalue weighted by Crippen LogP contribution is -2.50. The summed E-state index contributed by atoms with van der Waals surface area (Å²) in [4.78, 5) is 0. The van der Waals surface area contributed by atoms with Crippen molar-refractivity contribution < 1.29 is 35.8 Å². The van der Waals surface area contributed by atoms with Crippen LogP contribution in [0.25, 0.3) is 0 Å². The Kier molecular flexibility index (Phi) is 6.52. The molecule has 0 saturated heterocycles. The zero-order valence-electron chi connectivity index (χ0n) is 11.4. The SMILES string of the molecule is OC(CCl)CNc1c(Cl)cc(C(F)(C(F)(F)F)C(F)(F)F)cc1Cl. The Morgan fingerprint density at radius 2 is 1.38 bits per heavy atom. The normalized spacial score (nSPS) is 14.6. The molecule has 0 saturated carbocycles. The monoisotopic (exact) mass is 421 g/mol. The number of alkyl halides is 8. The first-order chi connectivity index (χ1) is 10.8. The highest BCUT2D eigenvalue weighted by Gasteiger charge is 2.73. The molecule has 0 bridgehead atoms. The molecule has 138 valence electrons. The molecular weight excluding hydrogens is 413 g/mol. The van der Waals surface area contributed by atoms with Crippen molar-refractivity contribution in [1.82, 2.24) is 0 Å². The molecule has 2 N–H and O–H groups in total. The molecule has 0 aliphatic carbocycles. The molecule has 0 fully saturated rings. The van der Waals surface area contributed by atoms with Gasteiger partial charge in [0, 0.05) is 12.1 Å². The molecule has 2 nitrogen and oxygen atoms in total. The topological polar surface area (TPSA) is 32.3 Å². The van der Waals surface area contributed by atoms with E-state index in [-0.39, 0.29) is 30.2 Å². The first kappa shape index (κ1) is 21.4. The summed E-state index contributed by atoms with van der Waals surface area (Å²) in [6, 6.07) is 0.341. The smallest absolute Gasteiger partial charge is 0.390 e. The number of aliphatic hydroxyl groups is 1. The maximum Gasteiger partial charge on any atom is 0.435 e. The van der Waals surface area contributed by atoms with Crippen molar-refractivity contribution in [3.8, 4) is 0 Å². The molecule has 1 unspecified atom stereocenters. The Morgan fingerprint density at radius 3 is 1.71 bits per heavy atom. The second-order valence-electron chi connectivity index (χ2n) is 4.66. The second-order valence-corrected chi connectivity index (χ2v) is 5.78. The van der Waals surface area contributed by atoms with E-state index in [0.29, 0.717) is 0 Å². The summed E-state index contributed by atoms with van der Waals surface area (Å²) in [7, 11) is 0. The third-order valence-corrected chi connectivity index (χ3v) is 3.87. The third-order valence-electron chi connectivity index (χ3n) is 2.91. The van der Waals surface area contributed by atoms with Gasteiger partial charge in [-0.25, -0.2) is 4.39 Å². The van der Waals surface area contributed by atoms with E-state index in [2.05, 4.69) is 5.32 Å². The summed E-state index contributed by atoms with van der Waals surface area (Å²) in [5.74, 6) is -0.198. The standard InChI is InChI=1S/C12H9Cl3F7NO/c13-3-6(24)4-23-9-7(14)1-5(2-8(9)15)10(16,11(17,18)19)12(20,21)22/h1-2,6,23-24H,3-4H2. The summed E-state index contributed by atoms with van der Waals surface area (Å²) in [6.45, 7) is -0.235. The number of halogens is 10. The van der Waals surface area contributed by atoms with E-state index in [1.165, 1.54) is 0 Å². The van der Waals surface area contributed by atoms with Crippen LogP contribution in [0.2, 0.25) is 10.0 Å². The number of nitrogens with one attached hydrogen (secondary N) is 1. The minimum Gasteiger partial charge on any atom is -0.390 e. The number of hydrogen-bond acceptors (Lipinski definition) is 2. The third kappa shape index (κ3) is 4.12. The molecule has 1 aromatic carbocycles. The number of anilines is 1. The Balaban J connectivity index is 3.37. The summed E-state index contributed by atoms with van der Waals surface area (Å²) >= 11 is 16.5. The molecule has 1 rings (SSSR count). The number of hydrogen-bond donors (Lipinski definition) is 2. The summed E-state index contributed by atoms with van der Waals surface area (Å²) < 4.78 is 90.2. The van der Waals surface area contributed by atoms with Gasteiger partial charge in [-0.1, -0.05) is 23.2 Å². The first-order valence-electron chi connectivity index (χ1n) is 6.05. The molecular formula is C12H9Cl3F7NO. The number of aliphatic hydroxyl groups excluding tert-OH is 1. The zero-order chi connectivity index (χ0) is 18.9. The quantitative estimate of drug-likeness (QED) is 0.499. The van der Waals surface area contributed by atoms with E-state index >= 15 is 0 Å². The molecule has 0 radical (unpaired) electrons. The number of rotatable bonds is 5. The van der Waals surface area contributed by atoms with E-state index in [0.717, 1.165) is 0 Å². The number of benzene rings is 1. The van der Waals surface area contributed by atoms with Gasteiger partial charge in [-0.15, -0.1) is 11.6 Å². The van der Waals surface area contributed by atoms with Gasteiger partial charge >= 0.3 is 18.0 Å². The van der Waals surface area contributed by atoms with Crippen LogP contribution in [0.15, 0.2) is 12.1 Å².